The van der Waals surface area contributed by atoms with E-state index in [4.69, 9.17) is 0 Å². The molecule has 1 radical (unpaired) electrons. The van der Waals surface area contributed by atoms with Crippen LogP contribution in [0.5, 0.6) is 0 Å². The van der Waals surface area contributed by atoms with Gasteiger partial charge in [-0.15, -0.1) is 59.7 Å². The number of fused-ring (bicyclic) bond motifs is 6. The average Bonchev–Trinajstić information content (AvgIpc) is 3.05. The molecule has 0 aliphatic rings. The molecule has 0 aliphatic heterocycles. The second-order valence-electron chi connectivity index (χ2n) is 12.9. The minimum atomic E-state index is -1.23. The predicted molar refractivity (Wildman–Crippen MR) is 191 cm³/mol. The van der Waals surface area contributed by atoms with Crippen LogP contribution in [-0.2, 0) is 26.5 Å². The first-order valence-corrected chi connectivity index (χ1v) is 18.9. The molecule has 7 rings (SSSR count). The summed E-state index contributed by atoms with van der Waals surface area (Å²) in [5.74, 6) is 0.631. The molecule has 0 saturated carbocycles. The molecule has 0 unspecified atom stereocenters. The number of pyridine rings is 2. The molecular formula is C41H38IrN2Si-2. The van der Waals surface area contributed by atoms with E-state index < -0.39 is 8.07 Å². The van der Waals surface area contributed by atoms with Gasteiger partial charge in [0.15, 0.2) is 0 Å². The van der Waals surface area contributed by atoms with E-state index in [-0.39, 0.29) is 20.1 Å². The fourth-order valence-corrected chi connectivity index (χ4v) is 6.80. The molecule has 227 valence electrons. The van der Waals surface area contributed by atoms with Gasteiger partial charge < -0.3 is 9.97 Å². The monoisotopic (exact) mass is 779 g/mol. The third-order valence-electron chi connectivity index (χ3n) is 8.03. The van der Waals surface area contributed by atoms with Crippen LogP contribution in [0.2, 0.25) is 19.6 Å². The summed E-state index contributed by atoms with van der Waals surface area (Å²) in [6.07, 6.45) is 5.00. The Morgan fingerprint density at radius 2 is 1.27 bits per heavy atom. The fraction of sp³-hybridized carbons (Fsp3) is 0.171. The minimum Gasteiger partial charge on any atom is -0.305 e. The van der Waals surface area contributed by atoms with Crippen molar-refractivity contribution < 1.29 is 20.1 Å². The molecule has 2 heterocycles. The zero-order chi connectivity index (χ0) is 30.7. The van der Waals surface area contributed by atoms with E-state index in [1.54, 1.807) is 0 Å². The summed E-state index contributed by atoms with van der Waals surface area (Å²) in [4.78, 5) is 9.15. The number of benzene rings is 5. The Kier molecular flexibility index (Phi) is 10.1. The van der Waals surface area contributed by atoms with E-state index in [0.29, 0.717) is 5.92 Å². The van der Waals surface area contributed by atoms with Crippen LogP contribution in [0.25, 0.3) is 54.8 Å². The third kappa shape index (κ3) is 7.31. The molecule has 2 nitrogen and oxygen atoms in total. The molecule has 4 heteroatoms. The van der Waals surface area contributed by atoms with Crippen LogP contribution in [0.15, 0.2) is 122 Å². The van der Waals surface area contributed by atoms with Crippen molar-refractivity contribution in [2.45, 2.75) is 39.9 Å². The second kappa shape index (κ2) is 14.0. The smallest absolute Gasteiger partial charge is 0.0795 e. The fourth-order valence-electron chi connectivity index (χ4n) is 5.76. The molecule has 2 aromatic heterocycles. The van der Waals surface area contributed by atoms with Crippen molar-refractivity contribution in [2.24, 2.45) is 5.92 Å². The van der Waals surface area contributed by atoms with E-state index in [1.165, 1.54) is 43.1 Å². The van der Waals surface area contributed by atoms with Gasteiger partial charge in [0.2, 0.25) is 0 Å². The first-order valence-electron chi connectivity index (χ1n) is 15.4. The Hall–Kier alpha value is -3.95. The van der Waals surface area contributed by atoms with E-state index in [1.807, 2.05) is 36.7 Å². The van der Waals surface area contributed by atoms with Gasteiger partial charge in [0.1, 0.15) is 0 Å². The van der Waals surface area contributed by atoms with Crippen LogP contribution in [0.3, 0.4) is 0 Å². The maximum absolute atomic E-state index is 4.63. The van der Waals surface area contributed by atoms with Gasteiger partial charge in [-0.05, 0) is 51.1 Å². The van der Waals surface area contributed by atoms with E-state index in [9.17, 15) is 0 Å². The molecule has 0 spiro atoms. The summed E-state index contributed by atoms with van der Waals surface area (Å²) in [7, 11) is -1.23. The normalized spacial score (nSPS) is 11.3. The van der Waals surface area contributed by atoms with Crippen molar-refractivity contribution in [2.75, 3.05) is 0 Å². The van der Waals surface area contributed by atoms with Crippen LogP contribution in [0.4, 0.5) is 0 Å². The van der Waals surface area contributed by atoms with Crippen LogP contribution in [-0.4, -0.2) is 18.0 Å². The van der Waals surface area contributed by atoms with Gasteiger partial charge in [0, 0.05) is 32.5 Å². The van der Waals surface area contributed by atoms with Gasteiger partial charge in [-0.3, -0.25) is 0 Å². The van der Waals surface area contributed by atoms with Crippen molar-refractivity contribution in [1.82, 2.24) is 9.97 Å². The van der Waals surface area contributed by atoms with Crippen molar-refractivity contribution >= 4 is 45.6 Å². The molecule has 0 fully saturated rings. The quantitative estimate of drug-likeness (QED) is 0.0988. The summed E-state index contributed by atoms with van der Waals surface area (Å²) in [6.45, 7) is 11.5. The zero-order valence-corrected chi connectivity index (χ0v) is 30.0. The Morgan fingerprint density at radius 1 is 0.622 bits per heavy atom. The van der Waals surface area contributed by atoms with Gasteiger partial charge in [0.25, 0.3) is 0 Å². The first kappa shape index (κ1) is 32.4. The summed E-state index contributed by atoms with van der Waals surface area (Å²) in [6, 6.07) is 45.0. The van der Waals surface area contributed by atoms with E-state index >= 15 is 0 Å². The Labute approximate surface area is 282 Å². The summed E-state index contributed by atoms with van der Waals surface area (Å²) in [5.41, 5.74) is 5.44. The number of hydrogen-bond acceptors (Lipinski definition) is 2. The van der Waals surface area contributed by atoms with Crippen LogP contribution >= 0.6 is 0 Å². The second-order valence-corrected chi connectivity index (χ2v) is 17.9. The van der Waals surface area contributed by atoms with Gasteiger partial charge in [-0.25, -0.2) is 0 Å². The third-order valence-corrected chi connectivity index (χ3v) is 10.1. The van der Waals surface area contributed by atoms with Gasteiger partial charge in [0.05, 0.1) is 8.07 Å². The van der Waals surface area contributed by atoms with Gasteiger partial charge in [-0.2, -0.15) is 0 Å². The number of hydrogen-bond donors (Lipinski definition) is 0. The molecule has 0 aliphatic carbocycles. The zero-order valence-electron chi connectivity index (χ0n) is 26.6. The topological polar surface area (TPSA) is 25.8 Å². The van der Waals surface area contributed by atoms with Crippen molar-refractivity contribution in [3.8, 4) is 22.5 Å². The van der Waals surface area contributed by atoms with Crippen LogP contribution < -0.4 is 5.19 Å². The number of rotatable bonds is 5. The SMILES string of the molecule is CC(C)Cc1ccnc(-c2[c-]cc3c4ccccc4c4ccccc4c3c2)c1.C[Si](C)(C)c1ccc(-c2[c-]cccc2)nc1.[Ir]. The maximum Gasteiger partial charge on any atom is 0.0795 e. The Balaban J connectivity index is 0.000000202. The van der Waals surface area contributed by atoms with Gasteiger partial charge >= 0.3 is 0 Å². The van der Waals surface area contributed by atoms with Crippen LogP contribution in [0, 0.1) is 18.1 Å². The number of nitrogens with zero attached hydrogens (tertiary/aromatic N) is 2. The average molecular weight is 779 g/mol. The molecule has 0 saturated heterocycles. The largest absolute Gasteiger partial charge is 0.305 e. The number of aromatic nitrogens is 2. The molecular weight excluding hydrogens is 741 g/mol. The maximum atomic E-state index is 4.63. The molecule has 0 bridgehead atoms. The van der Waals surface area contributed by atoms with Crippen LogP contribution in [0.1, 0.15) is 19.4 Å². The molecule has 0 N–H and O–H groups in total. The van der Waals surface area contributed by atoms with Crippen molar-refractivity contribution in [1.29, 1.82) is 0 Å². The molecule has 0 amide bonds. The van der Waals surface area contributed by atoms with E-state index in [0.717, 1.165) is 28.9 Å². The predicted octanol–water partition coefficient (Wildman–Crippen LogP) is 10.3. The Morgan fingerprint density at radius 3 is 1.84 bits per heavy atom. The molecule has 45 heavy (non-hydrogen) atoms. The molecule has 5 aromatic carbocycles. The van der Waals surface area contributed by atoms with E-state index in [2.05, 4.69) is 141 Å². The summed E-state index contributed by atoms with van der Waals surface area (Å²) < 4.78 is 0. The van der Waals surface area contributed by atoms with Crippen molar-refractivity contribution in [3.05, 3.63) is 139 Å². The minimum absolute atomic E-state index is 0. The Bertz CT molecular complexity index is 2010. The molecule has 0 atom stereocenters. The molecule has 7 aromatic rings. The summed E-state index contributed by atoms with van der Waals surface area (Å²) >= 11 is 0. The first-order chi connectivity index (χ1) is 21.3. The van der Waals surface area contributed by atoms with Gasteiger partial charge in [-0.1, -0.05) is 122 Å². The van der Waals surface area contributed by atoms with Crippen molar-refractivity contribution in [3.63, 3.8) is 0 Å². The standard InChI is InChI=1S/C27H22N.C14H16NSi.Ir/c1-18(2)15-19-13-14-28-27(16-19)20-11-12-25-23-9-4-3-7-21(23)22-8-5-6-10-24(22)26(25)17-20;1-16(2,3)13-9-10-14(15-11-13)12-7-5-4-6-8-12;/h3-10,12-14,16-18H,15H2,1-2H3;4-7,9-11H,1-3H3;/q2*-1;. The summed E-state index contributed by atoms with van der Waals surface area (Å²) in [5, 5.41) is 9.06.